The van der Waals surface area contributed by atoms with Gasteiger partial charge in [-0.15, -0.1) is 11.3 Å². The Kier molecular flexibility index (Phi) is 3.95. The molecule has 0 saturated carbocycles. The Hall–Kier alpha value is -2.03. The van der Waals surface area contributed by atoms with Crippen molar-refractivity contribution in [1.82, 2.24) is 20.5 Å². The van der Waals surface area contributed by atoms with E-state index < -0.39 is 12.1 Å². The molecular formula is C16H18N4O3S. The predicted octanol–water partition coefficient (Wildman–Crippen LogP) is -0.154. The van der Waals surface area contributed by atoms with Crippen LogP contribution >= 0.6 is 11.3 Å². The monoisotopic (exact) mass is 346 g/mol. The molecule has 8 heteroatoms. The van der Waals surface area contributed by atoms with Crippen LogP contribution in [0.2, 0.25) is 0 Å². The van der Waals surface area contributed by atoms with Gasteiger partial charge in [-0.1, -0.05) is 12.1 Å². The maximum absolute atomic E-state index is 12.2. The van der Waals surface area contributed by atoms with Crippen LogP contribution in [0.25, 0.3) is 10.2 Å². The van der Waals surface area contributed by atoms with Crippen LogP contribution in [0, 0.1) is 0 Å². The predicted molar refractivity (Wildman–Crippen MR) is 89.4 cm³/mol. The summed E-state index contributed by atoms with van der Waals surface area (Å²) in [5.41, 5.74) is 0.989. The quantitative estimate of drug-likeness (QED) is 0.716. The lowest BCUT2D eigenvalue weighted by molar-refractivity contribution is -0.148. The molecule has 2 aliphatic heterocycles. The number of aliphatic hydroxyl groups excluding tert-OH is 1. The van der Waals surface area contributed by atoms with E-state index in [2.05, 4.69) is 15.6 Å². The molecule has 2 aromatic rings. The summed E-state index contributed by atoms with van der Waals surface area (Å²) in [6.45, 7) is 0.736. The molecule has 2 saturated heterocycles. The average Bonchev–Trinajstić information content (AvgIpc) is 3.20. The Morgan fingerprint density at radius 3 is 3.00 bits per heavy atom. The van der Waals surface area contributed by atoms with Crippen LogP contribution < -0.4 is 10.6 Å². The van der Waals surface area contributed by atoms with Gasteiger partial charge in [-0.25, -0.2) is 4.98 Å². The number of hydrogen-bond donors (Lipinski definition) is 3. The zero-order valence-corrected chi connectivity index (χ0v) is 13.8. The van der Waals surface area contributed by atoms with Gasteiger partial charge in [0.05, 0.1) is 16.8 Å². The molecule has 126 valence electrons. The zero-order chi connectivity index (χ0) is 16.7. The summed E-state index contributed by atoms with van der Waals surface area (Å²) in [7, 11) is 0. The second kappa shape index (κ2) is 6.12. The molecule has 2 amide bonds. The number of piperazine rings is 1. The highest BCUT2D eigenvalue weighted by Crippen LogP contribution is 2.24. The van der Waals surface area contributed by atoms with Crippen molar-refractivity contribution in [3.63, 3.8) is 0 Å². The molecule has 3 atom stereocenters. The van der Waals surface area contributed by atoms with Crippen molar-refractivity contribution in [2.75, 3.05) is 13.2 Å². The Bertz CT molecular complexity index is 759. The number of thiazole rings is 1. The van der Waals surface area contributed by atoms with E-state index in [1.807, 2.05) is 24.3 Å². The van der Waals surface area contributed by atoms with Gasteiger partial charge in [-0.2, -0.15) is 0 Å². The van der Waals surface area contributed by atoms with E-state index in [0.717, 1.165) is 15.2 Å². The number of nitrogens with zero attached hydrogens (tertiary/aromatic N) is 2. The van der Waals surface area contributed by atoms with Gasteiger partial charge >= 0.3 is 0 Å². The molecule has 3 heterocycles. The molecule has 4 rings (SSSR count). The number of carbonyl (C=O) groups is 2. The zero-order valence-electron chi connectivity index (χ0n) is 12.9. The minimum absolute atomic E-state index is 0.0501. The minimum atomic E-state index is -0.809. The van der Waals surface area contributed by atoms with E-state index in [4.69, 9.17) is 0 Å². The molecule has 0 aliphatic carbocycles. The number of amides is 2. The fourth-order valence-corrected chi connectivity index (χ4v) is 4.27. The van der Waals surface area contributed by atoms with Gasteiger partial charge in [0.2, 0.25) is 11.8 Å². The van der Waals surface area contributed by atoms with E-state index >= 15 is 0 Å². The minimum Gasteiger partial charge on any atom is -0.394 e. The van der Waals surface area contributed by atoms with Gasteiger partial charge in [0.1, 0.15) is 17.1 Å². The SMILES string of the molecule is O=C1N[C@H](CO)C(=O)N2C[C@@H](NCc3nc4ccccc4s3)C[C@@H]12. The Labute approximate surface area is 142 Å². The maximum Gasteiger partial charge on any atom is 0.248 e. The first kappa shape index (κ1) is 15.5. The number of aromatic nitrogens is 1. The van der Waals surface area contributed by atoms with Gasteiger partial charge in [0, 0.05) is 19.1 Å². The summed E-state index contributed by atoms with van der Waals surface area (Å²) in [5.74, 6) is -0.385. The van der Waals surface area contributed by atoms with Crippen LogP contribution in [0.5, 0.6) is 0 Å². The lowest BCUT2D eigenvalue weighted by atomic mass is 10.1. The van der Waals surface area contributed by atoms with Crippen molar-refractivity contribution in [1.29, 1.82) is 0 Å². The second-order valence-corrected chi connectivity index (χ2v) is 7.25. The first-order chi connectivity index (χ1) is 11.7. The van der Waals surface area contributed by atoms with E-state index in [-0.39, 0.29) is 24.5 Å². The molecule has 0 spiro atoms. The van der Waals surface area contributed by atoms with Crippen LogP contribution in [0.4, 0.5) is 0 Å². The van der Waals surface area contributed by atoms with Crippen molar-refractivity contribution in [2.24, 2.45) is 0 Å². The van der Waals surface area contributed by atoms with Gasteiger partial charge in [0.25, 0.3) is 0 Å². The first-order valence-electron chi connectivity index (χ1n) is 7.95. The van der Waals surface area contributed by atoms with Crippen molar-refractivity contribution in [2.45, 2.75) is 31.1 Å². The first-order valence-corrected chi connectivity index (χ1v) is 8.77. The summed E-state index contributed by atoms with van der Waals surface area (Å²) in [6, 6.07) is 6.80. The summed E-state index contributed by atoms with van der Waals surface area (Å²) < 4.78 is 1.15. The lowest BCUT2D eigenvalue weighted by Crippen LogP contribution is -2.62. The van der Waals surface area contributed by atoms with Gasteiger partial charge < -0.3 is 20.6 Å². The maximum atomic E-state index is 12.2. The molecule has 0 bridgehead atoms. The van der Waals surface area contributed by atoms with Crippen LogP contribution in [0.15, 0.2) is 24.3 Å². The van der Waals surface area contributed by atoms with Crippen LogP contribution in [0.3, 0.4) is 0 Å². The normalized spacial score (nSPS) is 26.7. The van der Waals surface area contributed by atoms with E-state index in [1.54, 1.807) is 16.2 Å². The van der Waals surface area contributed by atoms with Crippen molar-refractivity contribution < 1.29 is 14.7 Å². The Morgan fingerprint density at radius 1 is 1.38 bits per heavy atom. The van der Waals surface area contributed by atoms with Crippen molar-refractivity contribution in [3.05, 3.63) is 29.3 Å². The third-order valence-electron chi connectivity index (χ3n) is 4.56. The molecule has 1 aromatic carbocycles. The summed E-state index contributed by atoms with van der Waals surface area (Å²) in [5, 5.41) is 16.2. The van der Waals surface area contributed by atoms with Crippen molar-refractivity contribution >= 4 is 33.4 Å². The second-order valence-electron chi connectivity index (χ2n) is 6.14. The highest BCUT2D eigenvalue weighted by atomic mass is 32.1. The largest absolute Gasteiger partial charge is 0.394 e. The Morgan fingerprint density at radius 2 is 2.21 bits per heavy atom. The van der Waals surface area contributed by atoms with Crippen LogP contribution in [0.1, 0.15) is 11.4 Å². The highest BCUT2D eigenvalue weighted by molar-refractivity contribution is 7.18. The third kappa shape index (κ3) is 2.66. The number of hydrogen-bond acceptors (Lipinski definition) is 6. The smallest absolute Gasteiger partial charge is 0.248 e. The Balaban J connectivity index is 1.41. The molecule has 3 N–H and O–H groups in total. The summed E-state index contributed by atoms with van der Waals surface area (Å²) in [4.78, 5) is 30.5. The van der Waals surface area contributed by atoms with Gasteiger partial charge in [0.15, 0.2) is 0 Å². The van der Waals surface area contributed by atoms with E-state index in [1.165, 1.54) is 0 Å². The van der Waals surface area contributed by atoms with Gasteiger partial charge in [-0.05, 0) is 18.6 Å². The fraction of sp³-hybridized carbons (Fsp3) is 0.438. The summed E-state index contributed by atoms with van der Waals surface area (Å²) >= 11 is 1.64. The molecule has 0 unspecified atom stereocenters. The van der Waals surface area contributed by atoms with E-state index in [0.29, 0.717) is 19.5 Å². The number of aliphatic hydroxyl groups is 1. The van der Waals surface area contributed by atoms with Gasteiger partial charge in [-0.3, -0.25) is 9.59 Å². The molecule has 2 aliphatic rings. The number of fused-ring (bicyclic) bond motifs is 2. The fourth-order valence-electron chi connectivity index (χ4n) is 3.36. The van der Waals surface area contributed by atoms with Crippen molar-refractivity contribution in [3.8, 4) is 0 Å². The molecule has 24 heavy (non-hydrogen) atoms. The molecule has 7 nitrogen and oxygen atoms in total. The molecule has 1 aromatic heterocycles. The number of nitrogens with one attached hydrogen (secondary N) is 2. The topological polar surface area (TPSA) is 94.6 Å². The van der Waals surface area contributed by atoms with Crippen LogP contribution in [-0.2, 0) is 16.1 Å². The van der Waals surface area contributed by atoms with E-state index in [9.17, 15) is 14.7 Å². The number of carbonyl (C=O) groups excluding carboxylic acids is 2. The third-order valence-corrected chi connectivity index (χ3v) is 5.60. The summed E-state index contributed by atoms with van der Waals surface area (Å²) in [6.07, 6.45) is 0.584. The average molecular weight is 346 g/mol. The highest BCUT2D eigenvalue weighted by Gasteiger charge is 2.46. The molecular weight excluding hydrogens is 328 g/mol. The molecule has 0 radical (unpaired) electrons. The number of benzene rings is 1. The lowest BCUT2D eigenvalue weighted by Gasteiger charge is -2.33. The van der Waals surface area contributed by atoms with Crippen LogP contribution in [-0.4, -0.2) is 58.1 Å². The number of para-hydroxylation sites is 1. The standard InChI is InChI=1S/C16H18N4O3S/c21-8-11-16(23)20-7-9(5-12(20)15(22)19-11)17-6-14-18-10-3-1-2-4-13(10)24-14/h1-4,9,11-12,17,21H,5-8H2,(H,19,22)/t9-,11+,12-/m0/s1. The number of rotatable bonds is 4. The molecule has 2 fully saturated rings.